The summed E-state index contributed by atoms with van der Waals surface area (Å²) in [5, 5.41) is 59.0. The molecular formula is C23H30N2O9. The number of aliphatic carboxylic acids is 1. The van der Waals surface area contributed by atoms with Crippen LogP contribution in [0.25, 0.3) is 0 Å². The first-order valence-corrected chi connectivity index (χ1v) is 10.5. The van der Waals surface area contributed by atoms with Crippen molar-refractivity contribution in [3.8, 4) is 11.5 Å². The Morgan fingerprint density at radius 3 is 1.91 bits per heavy atom. The molecule has 0 aliphatic heterocycles. The van der Waals surface area contributed by atoms with Gasteiger partial charge in [-0.15, -0.1) is 0 Å². The lowest BCUT2D eigenvalue weighted by molar-refractivity contribution is -0.139. The first kappa shape index (κ1) is 27.0. The highest BCUT2D eigenvalue weighted by Crippen LogP contribution is 2.26. The van der Waals surface area contributed by atoms with E-state index in [1.807, 2.05) is 0 Å². The highest BCUT2D eigenvalue weighted by molar-refractivity contribution is 5.69. The van der Waals surface area contributed by atoms with E-state index in [2.05, 4.69) is 0 Å². The normalized spacial score (nSPS) is 12.1. The molecule has 2 aromatic rings. The predicted octanol–water partition coefficient (Wildman–Crippen LogP) is -0.0374. The Labute approximate surface area is 196 Å². The lowest BCUT2D eigenvalue weighted by atomic mass is 10.1. The van der Waals surface area contributed by atoms with E-state index in [4.69, 9.17) is 4.74 Å². The fraction of sp³-hybridized carbons (Fsp3) is 0.391. The molecule has 0 aliphatic rings. The molecule has 0 radical (unpaired) electrons. The number of aliphatic hydroxyl groups is 3. The SMILES string of the molecule is O=COCN(Cc1cccc(CO)c1O)CC(CO)N(CC(=O)O)Cc1cccc(CO)c1O. The van der Waals surface area contributed by atoms with Crippen LogP contribution in [0, 0.1) is 0 Å². The van der Waals surface area contributed by atoms with Crippen LogP contribution in [0.4, 0.5) is 0 Å². The summed E-state index contributed by atoms with van der Waals surface area (Å²) in [4.78, 5) is 25.3. The minimum Gasteiger partial charge on any atom is -0.507 e. The number of para-hydroxylation sites is 2. The zero-order valence-electron chi connectivity index (χ0n) is 18.6. The molecule has 11 heteroatoms. The van der Waals surface area contributed by atoms with Crippen LogP contribution in [0.2, 0.25) is 0 Å². The molecule has 2 aromatic carbocycles. The van der Waals surface area contributed by atoms with Crippen molar-refractivity contribution in [1.82, 2.24) is 9.80 Å². The zero-order valence-corrected chi connectivity index (χ0v) is 18.6. The van der Waals surface area contributed by atoms with Gasteiger partial charge in [0.1, 0.15) is 18.2 Å². The van der Waals surface area contributed by atoms with Crippen molar-refractivity contribution in [3.63, 3.8) is 0 Å². The average molecular weight is 478 g/mol. The average Bonchev–Trinajstić information content (AvgIpc) is 2.82. The van der Waals surface area contributed by atoms with E-state index in [1.165, 1.54) is 11.0 Å². The summed E-state index contributed by atoms with van der Waals surface area (Å²) < 4.78 is 4.87. The van der Waals surface area contributed by atoms with Crippen molar-refractivity contribution < 1.29 is 45.0 Å². The van der Waals surface area contributed by atoms with Crippen molar-refractivity contribution in [1.29, 1.82) is 0 Å². The molecule has 0 amide bonds. The second kappa shape index (κ2) is 13.5. The number of carboxylic acid groups (broad SMARTS) is 1. The lowest BCUT2D eigenvalue weighted by Crippen LogP contribution is -2.48. The number of carboxylic acids is 1. The van der Waals surface area contributed by atoms with Gasteiger partial charge < -0.3 is 35.4 Å². The van der Waals surface area contributed by atoms with Gasteiger partial charge in [-0.2, -0.15) is 0 Å². The van der Waals surface area contributed by atoms with Crippen molar-refractivity contribution in [3.05, 3.63) is 58.7 Å². The summed E-state index contributed by atoms with van der Waals surface area (Å²) in [7, 11) is 0. The number of aliphatic hydroxyl groups excluding tert-OH is 3. The first-order chi connectivity index (χ1) is 16.3. The number of aromatic hydroxyl groups is 2. The summed E-state index contributed by atoms with van der Waals surface area (Å²) in [5.74, 6) is -1.43. The predicted molar refractivity (Wildman–Crippen MR) is 119 cm³/mol. The van der Waals surface area contributed by atoms with Crippen molar-refractivity contribution in [2.45, 2.75) is 32.3 Å². The monoisotopic (exact) mass is 478 g/mol. The number of hydrogen-bond donors (Lipinski definition) is 6. The third kappa shape index (κ3) is 7.40. The van der Waals surface area contributed by atoms with E-state index in [0.717, 1.165) is 0 Å². The van der Waals surface area contributed by atoms with Gasteiger partial charge in [0.2, 0.25) is 0 Å². The molecular weight excluding hydrogens is 448 g/mol. The molecule has 0 heterocycles. The Bertz CT molecular complexity index is 954. The van der Waals surface area contributed by atoms with Crippen molar-refractivity contribution in [2.75, 3.05) is 26.4 Å². The van der Waals surface area contributed by atoms with Gasteiger partial charge in [0.05, 0.1) is 26.4 Å². The van der Waals surface area contributed by atoms with Gasteiger partial charge in [-0.1, -0.05) is 36.4 Å². The van der Waals surface area contributed by atoms with Gasteiger partial charge >= 0.3 is 5.97 Å². The molecule has 11 nitrogen and oxygen atoms in total. The summed E-state index contributed by atoms with van der Waals surface area (Å²) in [6.07, 6.45) is 0. The van der Waals surface area contributed by atoms with Crippen LogP contribution >= 0.6 is 0 Å². The molecule has 0 fully saturated rings. The molecule has 0 bridgehead atoms. The highest BCUT2D eigenvalue weighted by atomic mass is 16.5. The molecule has 6 N–H and O–H groups in total. The van der Waals surface area contributed by atoms with Crippen LogP contribution in [0.5, 0.6) is 11.5 Å². The number of hydrogen-bond acceptors (Lipinski definition) is 10. The maximum atomic E-state index is 11.5. The number of nitrogens with zero attached hydrogens (tertiary/aromatic N) is 2. The number of rotatable bonds is 15. The fourth-order valence-corrected chi connectivity index (χ4v) is 3.63. The highest BCUT2D eigenvalue weighted by Gasteiger charge is 2.25. The Morgan fingerprint density at radius 2 is 1.44 bits per heavy atom. The largest absolute Gasteiger partial charge is 0.507 e. The lowest BCUT2D eigenvalue weighted by Gasteiger charge is -2.33. The standard InChI is InChI=1S/C23H30N2O9/c26-11-18-5-1-3-16(22(18)32)7-24(14-34-15-29)9-20(13-28)25(10-21(30)31)8-17-4-2-6-19(12-27)23(17)33/h1-6,15,20,26-28,32-33H,7-14H2,(H,30,31). The van der Waals surface area contributed by atoms with Crippen LogP contribution in [0.3, 0.4) is 0 Å². The Hall–Kier alpha value is -3.22. The molecule has 0 spiro atoms. The molecule has 34 heavy (non-hydrogen) atoms. The van der Waals surface area contributed by atoms with Gasteiger partial charge in [-0.25, -0.2) is 0 Å². The van der Waals surface area contributed by atoms with Gasteiger partial charge in [0.15, 0.2) is 0 Å². The molecule has 1 atom stereocenters. The van der Waals surface area contributed by atoms with E-state index in [1.54, 1.807) is 35.2 Å². The maximum Gasteiger partial charge on any atom is 0.317 e. The van der Waals surface area contributed by atoms with Crippen molar-refractivity contribution in [2.24, 2.45) is 0 Å². The first-order valence-electron chi connectivity index (χ1n) is 10.5. The summed E-state index contributed by atoms with van der Waals surface area (Å²) in [5.41, 5.74) is 1.42. The number of ether oxygens (including phenoxy) is 1. The molecule has 0 aromatic heterocycles. The van der Waals surface area contributed by atoms with E-state index in [-0.39, 0.29) is 56.5 Å². The number of carbonyl (C=O) groups excluding carboxylic acids is 1. The third-order valence-electron chi connectivity index (χ3n) is 5.37. The smallest absolute Gasteiger partial charge is 0.317 e. The van der Waals surface area contributed by atoms with Crippen molar-refractivity contribution >= 4 is 12.4 Å². The summed E-state index contributed by atoms with van der Waals surface area (Å²) in [6.45, 7) is -1.54. The number of carbonyl (C=O) groups is 2. The fourth-order valence-electron chi connectivity index (χ4n) is 3.63. The van der Waals surface area contributed by atoms with Crippen LogP contribution in [0.1, 0.15) is 22.3 Å². The van der Waals surface area contributed by atoms with E-state index >= 15 is 0 Å². The molecule has 1 unspecified atom stereocenters. The van der Waals surface area contributed by atoms with Gasteiger partial charge in [0.25, 0.3) is 6.47 Å². The van der Waals surface area contributed by atoms with Gasteiger partial charge in [-0.05, 0) is 0 Å². The van der Waals surface area contributed by atoms with Gasteiger partial charge in [-0.3, -0.25) is 19.4 Å². The topological polar surface area (TPSA) is 171 Å². The number of phenols is 2. The molecule has 0 aliphatic carbocycles. The second-order valence-electron chi connectivity index (χ2n) is 7.70. The summed E-state index contributed by atoms with van der Waals surface area (Å²) >= 11 is 0. The Balaban J connectivity index is 2.29. The molecule has 186 valence electrons. The van der Waals surface area contributed by atoms with Gasteiger partial charge in [0, 0.05) is 47.9 Å². The van der Waals surface area contributed by atoms with Crippen LogP contribution in [-0.2, 0) is 40.6 Å². The third-order valence-corrected chi connectivity index (χ3v) is 5.37. The van der Waals surface area contributed by atoms with Crippen LogP contribution < -0.4 is 0 Å². The quantitative estimate of drug-likeness (QED) is 0.150. The van der Waals surface area contributed by atoms with E-state index in [0.29, 0.717) is 16.7 Å². The minimum atomic E-state index is -1.15. The molecule has 0 saturated carbocycles. The van der Waals surface area contributed by atoms with E-state index < -0.39 is 31.8 Å². The van der Waals surface area contributed by atoms with Crippen LogP contribution in [-0.4, -0.2) is 85.3 Å². The maximum absolute atomic E-state index is 11.5. The minimum absolute atomic E-state index is 0.0369. The van der Waals surface area contributed by atoms with Crippen LogP contribution in [0.15, 0.2) is 36.4 Å². The number of benzene rings is 2. The zero-order chi connectivity index (χ0) is 25.1. The van der Waals surface area contributed by atoms with E-state index in [9.17, 15) is 40.2 Å². The molecule has 0 saturated heterocycles. The summed E-state index contributed by atoms with van der Waals surface area (Å²) in [6, 6.07) is 8.82. The second-order valence-corrected chi connectivity index (χ2v) is 7.70. The molecule has 2 rings (SSSR count). The Kier molecular flexibility index (Phi) is 10.7. The Morgan fingerprint density at radius 1 is 0.912 bits per heavy atom.